The molecule has 0 aliphatic carbocycles. The van der Waals surface area contributed by atoms with Gasteiger partial charge in [-0.15, -0.1) is 0 Å². The van der Waals surface area contributed by atoms with Gasteiger partial charge in [0.25, 0.3) is 0 Å². The number of rotatable bonds is 1. The summed E-state index contributed by atoms with van der Waals surface area (Å²) in [6.07, 6.45) is 0. The first-order valence-electron chi connectivity index (χ1n) is 2.83. The Morgan fingerprint density at radius 2 is 1.54 bits per heavy atom. The van der Waals surface area contributed by atoms with Crippen molar-refractivity contribution in [2.45, 2.75) is 0 Å². The fourth-order valence-electron chi connectivity index (χ4n) is 0.489. The molecule has 1 N–H and O–H groups in total. The molecule has 0 bridgehead atoms. The maximum Gasteiger partial charge on any atom is 1.00 e. The Labute approximate surface area is 122 Å². The van der Waals surface area contributed by atoms with E-state index in [-0.39, 0.29) is 59.8 Å². The van der Waals surface area contributed by atoms with Gasteiger partial charge < -0.3 is 13.0 Å². The zero-order valence-electron chi connectivity index (χ0n) is 6.91. The molecular formula is C6H6KO4PS. The van der Waals surface area contributed by atoms with Crippen LogP contribution in [0.25, 0.3) is 0 Å². The van der Waals surface area contributed by atoms with Crippen molar-refractivity contribution < 1.29 is 68.9 Å². The van der Waals surface area contributed by atoms with E-state index < -0.39 is 11.0 Å². The third kappa shape index (κ3) is 12.9. The summed E-state index contributed by atoms with van der Waals surface area (Å²) in [6.45, 7) is 0. The van der Waals surface area contributed by atoms with Crippen LogP contribution in [-0.2, 0) is 24.0 Å². The first-order valence-corrected chi connectivity index (χ1v) is 4.68. The molecule has 0 saturated carbocycles. The number of benzene rings is 1. The predicted octanol–water partition coefficient (Wildman–Crippen LogP) is -1.62. The third-order valence-electron chi connectivity index (χ3n) is 0.862. The molecule has 0 spiro atoms. The van der Waals surface area contributed by atoms with Gasteiger partial charge in [-0.1, -0.05) is 18.2 Å². The van der Waals surface area contributed by atoms with Gasteiger partial charge in [0, 0.05) is 16.3 Å². The summed E-state index contributed by atoms with van der Waals surface area (Å²) in [5, 5.41) is 0.826. The van der Waals surface area contributed by atoms with Crippen molar-refractivity contribution in [1.29, 1.82) is 0 Å². The minimum absolute atomic E-state index is 0. The maximum atomic E-state index is 10.1. The van der Waals surface area contributed by atoms with Crippen molar-refractivity contribution in [3.05, 3.63) is 30.3 Å². The Bertz CT molecular complexity index is 293. The van der Waals surface area contributed by atoms with Crippen LogP contribution in [0.4, 0.5) is 0 Å². The van der Waals surface area contributed by atoms with Crippen LogP contribution >= 0.6 is 8.46 Å². The number of hydrogen-bond donors (Lipinski definition) is 1. The normalized spacial score (nSPS) is 8.46. The van der Waals surface area contributed by atoms with E-state index in [0.717, 1.165) is 5.30 Å². The van der Waals surface area contributed by atoms with Gasteiger partial charge in [0.05, 0.1) is 0 Å². The molecule has 4 nitrogen and oxygen atoms in total. The van der Waals surface area contributed by atoms with Gasteiger partial charge in [-0.05, 0) is 12.1 Å². The summed E-state index contributed by atoms with van der Waals surface area (Å²) in [7, 11) is -2.76. The van der Waals surface area contributed by atoms with Crippen molar-refractivity contribution >= 4 is 24.7 Å². The van der Waals surface area contributed by atoms with Gasteiger partial charge in [-0.3, -0.25) is 4.57 Å². The molecule has 0 unspecified atom stereocenters. The van der Waals surface area contributed by atoms with E-state index in [1.54, 1.807) is 0 Å². The Morgan fingerprint density at radius 3 is 1.77 bits per heavy atom. The quantitative estimate of drug-likeness (QED) is 0.212. The van der Waals surface area contributed by atoms with E-state index in [0.29, 0.717) is 0 Å². The Morgan fingerprint density at radius 1 is 1.15 bits per heavy atom. The van der Waals surface area contributed by atoms with Crippen molar-refractivity contribution in [3.8, 4) is 0 Å². The molecule has 0 aliphatic rings. The molecule has 1 aromatic rings. The molecule has 0 radical (unpaired) electrons. The monoisotopic (exact) mass is 244 g/mol. The molecule has 0 aromatic heterocycles. The summed E-state index contributed by atoms with van der Waals surface area (Å²) < 4.78 is 34.2. The first kappa shape index (κ1) is 16.3. The minimum Gasteiger partial charge on any atom is -0.439 e. The summed E-state index contributed by atoms with van der Waals surface area (Å²) in [6, 6.07) is 9.25. The third-order valence-corrected chi connectivity index (χ3v) is 1.37. The van der Waals surface area contributed by atoms with Crippen molar-refractivity contribution in [2.24, 2.45) is 0 Å². The van der Waals surface area contributed by atoms with Crippen molar-refractivity contribution in [2.75, 3.05) is 0 Å². The van der Waals surface area contributed by atoms with Gasteiger partial charge in [0.1, 0.15) is 0 Å². The molecule has 0 fully saturated rings. The van der Waals surface area contributed by atoms with Crippen LogP contribution in [0.2, 0.25) is 0 Å². The Kier molecular flexibility index (Phi) is 13.7. The summed E-state index contributed by atoms with van der Waals surface area (Å²) in [4.78, 5) is 0. The van der Waals surface area contributed by atoms with E-state index in [1.807, 2.05) is 30.3 Å². The van der Waals surface area contributed by atoms with Crippen molar-refractivity contribution in [1.82, 2.24) is 0 Å². The van der Waals surface area contributed by atoms with Crippen LogP contribution < -0.4 is 56.7 Å². The molecule has 1 aromatic carbocycles. The standard InChI is InChI=1S/C6H5OP.K.HO3S/c7-8-6-4-2-1-3-5-6;;1-4(2)3/h1-5H;;(H,1,2,3)/q;+1;-1. The van der Waals surface area contributed by atoms with Crippen LogP contribution in [0.1, 0.15) is 0 Å². The van der Waals surface area contributed by atoms with Gasteiger partial charge in [-0.25, -0.2) is 0 Å². The fraction of sp³-hybridized carbons (Fsp3) is 0. The van der Waals surface area contributed by atoms with Gasteiger partial charge in [-0.2, -0.15) is 0 Å². The van der Waals surface area contributed by atoms with E-state index >= 15 is 0 Å². The Hall–Kier alpha value is 0.866. The predicted molar refractivity (Wildman–Crippen MR) is 45.0 cm³/mol. The molecule has 7 heteroatoms. The second-order valence-corrected chi connectivity index (χ2v) is 2.78. The van der Waals surface area contributed by atoms with Crippen LogP contribution in [-0.4, -0.2) is 4.55 Å². The zero-order valence-corrected chi connectivity index (χ0v) is 11.7. The molecule has 0 saturated heterocycles. The topological polar surface area (TPSA) is 71.4 Å². The van der Waals surface area contributed by atoms with E-state index in [4.69, 9.17) is 13.0 Å². The summed E-state index contributed by atoms with van der Waals surface area (Å²) in [5.74, 6) is 0. The summed E-state index contributed by atoms with van der Waals surface area (Å²) in [5.41, 5.74) is 0. The average molecular weight is 244 g/mol. The van der Waals surface area contributed by atoms with Crippen molar-refractivity contribution in [3.63, 3.8) is 0 Å². The maximum absolute atomic E-state index is 10.1. The molecule has 0 aliphatic heterocycles. The second-order valence-electron chi connectivity index (χ2n) is 1.64. The minimum atomic E-state index is -2.86. The molecule has 0 atom stereocenters. The van der Waals surface area contributed by atoms with Gasteiger partial charge >= 0.3 is 51.4 Å². The van der Waals surface area contributed by atoms with E-state index in [1.165, 1.54) is 0 Å². The Balaban J connectivity index is 0. The largest absolute Gasteiger partial charge is 1.00 e. The van der Waals surface area contributed by atoms with E-state index in [9.17, 15) is 4.57 Å². The smallest absolute Gasteiger partial charge is 0.439 e. The molecule has 0 heterocycles. The second kappa shape index (κ2) is 10.9. The SMILES string of the molecule is O=Pc1ccccc1.O=[S-](=O)O.[K+]. The van der Waals surface area contributed by atoms with Crippen LogP contribution in [0.5, 0.6) is 0 Å². The summed E-state index contributed by atoms with van der Waals surface area (Å²) >= 11 is 0. The van der Waals surface area contributed by atoms with Crippen LogP contribution in [0, 0.1) is 0 Å². The zero-order chi connectivity index (χ0) is 9.40. The van der Waals surface area contributed by atoms with Gasteiger partial charge in [0.15, 0.2) is 8.46 Å². The van der Waals surface area contributed by atoms with E-state index in [2.05, 4.69) is 0 Å². The molecule has 66 valence electrons. The molecule has 1 rings (SSSR count). The van der Waals surface area contributed by atoms with Crippen LogP contribution in [0.3, 0.4) is 0 Å². The molecule has 0 amide bonds. The fourth-order valence-corrected chi connectivity index (χ4v) is 0.783. The van der Waals surface area contributed by atoms with Crippen LogP contribution in [0.15, 0.2) is 30.3 Å². The molecule has 13 heavy (non-hydrogen) atoms. The first-order chi connectivity index (χ1) is 5.66. The molecular weight excluding hydrogens is 238 g/mol. The number of hydrogen-bond acceptors (Lipinski definition) is 4. The van der Waals surface area contributed by atoms with Gasteiger partial charge in [0.2, 0.25) is 0 Å². The average Bonchev–Trinajstić information content (AvgIpc) is 2.05.